The van der Waals surface area contributed by atoms with Crippen LogP contribution in [0.25, 0.3) is 44.5 Å². The molecular weight excluding hydrogens is 1450 g/mol. The number of ketones is 6. The van der Waals surface area contributed by atoms with Crippen LogP contribution in [0.2, 0.25) is 0 Å². The predicted octanol–water partition coefficient (Wildman–Crippen LogP) is 3.66. The lowest BCUT2D eigenvalue weighted by Crippen LogP contribution is -2.57. The number of carbonyl (C=O) groups is 8. The van der Waals surface area contributed by atoms with E-state index < -0.39 is 109 Å². The molecule has 18 N–H and O–H groups in total. The molecule has 4 saturated heterocycles. The molecule has 584 valence electrons. The molecule has 4 fully saturated rings. The average Bonchev–Trinajstić information content (AvgIpc) is 1.60. The molecule has 0 aromatic heterocycles. The average molecular weight is 1540 g/mol. The summed E-state index contributed by atoms with van der Waals surface area (Å²) in [6, 6.07) is 48.2. The van der Waals surface area contributed by atoms with Gasteiger partial charge in [0.1, 0.15) is 73.2 Å². The largest absolute Gasteiger partial charge is 0.388 e. The van der Waals surface area contributed by atoms with E-state index in [9.17, 15) is 99.6 Å². The zero-order valence-electron chi connectivity index (χ0n) is 60.8. The number of amides is 2. The van der Waals surface area contributed by atoms with Gasteiger partial charge in [-0.05, 0) is 95.5 Å². The zero-order chi connectivity index (χ0) is 80.0. The molecule has 0 radical (unpaired) electrons. The number of nitrogens with one attached hydrogen (secondary N) is 6. The molecule has 0 spiro atoms. The molecule has 8 aromatic carbocycles. The van der Waals surface area contributed by atoms with Crippen LogP contribution in [0.15, 0.2) is 217 Å². The molecule has 0 saturated carbocycles. The number of piperidine rings is 4. The van der Waals surface area contributed by atoms with Crippen LogP contribution >= 0.6 is 0 Å². The lowest BCUT2D eigenvalue weighted by atomic mass is 9.92. The second kappa shape index (κ2) is 33.4. The molecule has 26 heteroatoms. The maximum absolute atomic E-state index is 12.8. The highest BCUT2D eigenvalue weighted by Crippen LogP contribution is 2.43. The Morgan fingerprint density at radius 2 is 0.531 bits per heavy atom. The van der Waals surface area contributed by atoms with Gasteiger partial charge in [-0.25, -0.2) is 0 Å². The van der Waals surface area contributed by atoms with E-state index in [4.69, 9.17) is 0 Å². The van der Waals surface area contributed by atoms with Crippen molar-refractivity contribution in [3.05, 3.63) is 284 Å². The fourth-order valence-corrected chi connectivity index (χ4v) is 15.3. The summed E-state index contributed by atoms with van der Waals surface area (Å²) in [5, 5.41) is 136. The van der Waals surface area contributed by atoms with E-state index in [0.717, 1.165) is 33.4 Å². The fraction of sp³-hybridized carbons (Fsp3) is 0.264. The molecule has 4 aliphatic heterocycles. The Balaban J connectivity index is 0.000000139. The highest BCUT2D eigenvalue weighted by molar-refractivity contribution is 6.27. The first kappa shape index (κ1) is 80.9. The SMILES string of the molecule is C.C[C@@H]1N/C(=C/C(=O)Cc2cccc3c2C(=O)c2ccccc2-3)[C@@H](O)[C@H](O)[C@@H]1O.C[C@@H]1N/C(=C/NC(=O)c2cccc3c2C(=O)c2ccccc2-3)[C@@H](O)[C@H](O)[C@@H]1O.C[C@@H]1N/C(=C\C(=O)Cc2cccc3c2C(=O)c2ccccc2-3)[C@@H](O)[C@H](O)[C@@H]1O.C[C@@H]1N/C(=C\NC(=O)c2cccc3c2C(=O)c2ccccc2-3)[C@@H](O)[C@H](O)[C@@H]1O. The number of rotatable bonds is 10. The van der Waals surface area contributed by atoms with Crippen LogP contribution in [0.5, 0.6) is 0 Å². The summed E-state index contributed by atoms with van der Waals surface area (Å²) in [5.74, 6) is -2.22. The quantitative estimate of drug-likeness (QED) is 0.0869. The molecule has 8 aromatic rings. The van der Waals surface area contributed by atoms with Gasteiger partial charge in [0.05, 0.1) is 46.7 Å². The Bertz CT molecular complexity index is 4960. The van der Waals surface area contributed by atoms with Gasteiger partial charge in [-0.2, -0.15) is 0 Å². The summed E-state index contributed by atoms with van der Waals surface area (Å²) in [6.45, 7) is 6.60. The van der Waals surface area contributed by atoms with Crippen LogP contribution in [0.3, 0.4) is 0 Å². The van der Waals surface area contributed by atoms with Crippen molar-refractivity contribution in [3.63, 3.8) is 0 Å². The summed E-state index contributed by atoms with van der Waals surface area (Å²) in [6.07, 6.45) is -10.5. The minimum atomic E-state index is -1.37. The molecule has 0 unspecified atom stereocenters. The van der Waals surface area contributed by atoms with Gasteiger partial charge in [0.15, 0.2) is 34.7 Å². The van der Waals surface area contributed by atoms with Crippen LogP contribution in [0.1, 0.15) is 131 Å². The topological polar surface area (TPSA) is 452 Å². The monoisotopic (exact) mass is 1530 g/mol. The minimum absolute atomic E-state index is 0. The molecule has 0 bridgehead atoms. The first-order chi connectivity index (χ1) is 53.6. The standard InChI is InChI=1S/2C22H21NO5.2C21H20N2O5.CH4/c2*1-11-19(25)22(28)21(27)17(23-11)10-13(24)9-12-5-4-8-15-14-6-2-3-7-16(14)20(26)18(12)15;2*1-10-17(24)20(27)19(26)15(23-10)9-22-21(28)14-8-4-7-12-11-5-2-3-6-13(11)18(25)16(12)14;/h2*2-8,10-11,19,21-23,25,27-28H,9H2,1H3;2*2-10,17,19-20,23-24,26-27H,1H3,(H,22,28);1H4/b17-10+;17-10-;15-9+;15-9-;/t2*11-,19+,21+,22+;2*10-,17+,19+,20+;/m0000./s1. The lowest BCUT2D eigenvalue weighted by molar-refractivity contribution is -0.115. The van der Waals surface area contributed by atoms with Crippen LogP contribution < -0.4 is 31.9 Å². The van der Waals surface area contributed by atoms with Crippen molar-refractivity contribution in [2.75, 3.05) is 0 Å². The summed E-state index contributed by atoms with van der Waals surface area (Å²) in [4.78, 5) is 102. The molecule has 16 atom stereocenters. The smallest absolute Gasteiger partial charge is 0.256 e. The Labute approximate surface area is 648 Å². The third-order valence-corrected chi connectivity index (χ3v) is 21.3. The van der Waals surface area contributed by atoms with Gasteiger partial charge in [0, 0.05) is 93.3 Å². The molecule has 113 heavy (non-hydrogen) atoms. The number of fused-ring (bicyclic) bond motifs is 12. The van der Waals surface area contributed by atoms with Gasteiger partial charge >= 0.3 is 0 Å². The van der Waals surface area contributed by atoms with Gasteiger partial charge < -0.3 is 93.2 Å². The van der Waals surface area contributed by atoms with E-state index in [0.29, 0.717) is 66.8 Å². The lowest BCUT2D eigenvalue weighted by Gasteiger charge is -2.36. The van der Waals surface area contributed by atoms with E-state index >= 15 is 0 Å². The predicted molar refractivity (Wildman–Crippen MR) is 415 cm³/mol. The van der Waals surface area contributed by atoms with Crippen LogP contribution in [-0.2, 0) is 22.4 Å². The van der Waals surface area contributed by atoms with Crippen molar-refractivity contribution in [2.45, 2.75) is 145 Å². The second-order valence-corrected chi connectivity index (χ2v) is 28.7. The number of aliphatic hydroxyl groups excluding tert-OH is 12. The summed E-state index contributed by atoms with van der Waals surface area (Å²) in [7, 11) is 0. The highest BCUT2D eigenvalue weighted by atomic mass is 16.4. The van der Waals surface area contributed by atoms with Crippen molar-refractivity contribution < 1.29 is 99.6 Å². The van der Waals surface area contributed by atoms with Crippen molar-refractivity contribution in [3.8, 4) is 44.5 Å². The number of carbonyl (C=O) groups excluding carboxylic acids is 8. The van der Waals surface area contributed by atoms with Gasteiger partial charge in [-0.15, -0.1) is 0 Å². The van der Waals surface area contributed by atoms with E-state index in [1.807, 2.05) is 84.9 Å². The molecule has 8 aliphatic rings. The summed E-state index contributed by atoms with van der Waals surface area (Å²) in [5.41, 5.74) is 13.0. The van der Waals surface area contributed by atoms with Gasteiger partial charge in [0.2, 0.25) is 0 Å². The molecule has 2 amide bonds. The highest BCUT2D eigenvalue weighted by Gasteiger charge is 2.43. The van der Waals surface area contributed by atoms with Crippen LogP contribution in [-0.4, -0.2) is 205 Å². The van der Waals surface area contributed by atoms with Gasteiger partial charge in [-0.3, -0.25) is 38.4 Å². The van der Waals surface area contributed by atoms with E-state index in [-0.39, 0.29) is 88.9 Å². The van der Waals surface area contributed by atoms with Crippen LogP contribution in [0.4, 0.5) is 0 Å². The first-order valence-electron chi connectivity index (χ1n) is 36.4. The number of benzene rings is 8. The minimum Gasteiger partial charge on any atom is -0.388 e. The zero-order valence-corrected chi connectivity index (χ0v) is 60.8. The van der Waals surface area contributed by atoms with Crippen LogP contribution in [0, 0.1) is 0 Å². The number of hydrogen-bond donors (Lipinski definition) is 18. The number of allylic oxidation sites excluding steroid dienone is 2. The third-order valence-electron chi connectivity index (χ3n) is 21.3. The van der Waals surface area contributed by atoms with Gasteiger partial charge in [0.25, 0.3) is 11.8 Å². The van der Waals surface area contributed by atoms with Gasteiger partial charge in [-0.1, -0.05) is 165 Å². The van der Waals surface area contributed by atoms with E-state index in [2.05, 4.69) is 31.9 Å². The maximum atomic E-state index is 12.8. The summed E-state index contributed by atoms with van der Waals surface area (Å²) < 4.78 is 0. The van der Waals surface area contributed by atoms with Crippen molar-refractivity contribution >= 4 is 46.5 Å². The normalized spacial score (nSPS) is 27.0. The molecule has 4 aliphatic carbocycles. The second-order valence-electron chi connectivity index (χ2n) is 28.7. The van der Waals surface area contributed by atoms with E-state index in [1.54, 1.807) is 113 Å². The Morgan fingerprint density at radius 1 is 0.301 bits per heavy atom. The fourth-order valence-electron chi connectivity index (χ4n) is 15.3. The molecule has 26 nitrogen and oxygen atoms in total. The molecule has 16 rings (SSSR count). The maximum Gasteiger partial charge on any atom is 0.256 e. The van der Waals surface area contributed by atoms with E-state index in [1.165, 1.54) is 24.6 Å². The first-order valence-corrected chi connectivity index (χ1v) is 36.4. The molecule has 4 heterocycles. The third kappa shape index (κ3) is 15.5. The van der Waals surface area contributed by atoms with Crippen molar-refractivity contribution in [1.82, 2.24) is 31.9 Å². The Morgan fingerprint density at radius 3 is 0.823 bits per heavy atom. The molecular formula is C87H86N6O20. The number of aliphatic hydroxyl groups is 12. The number of hydrogen-bond acceptors (Lipinski definition) is 24. The Kier molecular flexibility index (Phi) is 23.9. The van der Waals surface area contributed by atoms with Crippen molar-refractivity contribution in [1.29, 1.82) is 0 Å². The summed E-state index contributed by atoms with van der Waals surface area (Å²) >= 11 is 0. The van der Waals surface area contributed by atoms with Crippen molar-refractivity contribution in [2.24, 2.45) is 0 Å². The Hall–Kier alpha value is -11.6.